The van der Waals surface area contributed by atoms with Gasteiger partial charge in [0, 0.05) is 13.2 Å². The third-order valence-corrected chi connectivity index (χ3v) is 4.04. The lowest BCUT2D eigenvalue weighted by molar-refractivity contribution is 0.0691. The van der Waals surface area contributed by atoms with Crippen molar-refractivity contribution >= 4 is 16.0 Å². The van der Waals surface area contributed by atoms with Crippen LogP contribution in [0, 0.1) is 13.8 Å². The van der Waals surface area contributed by atoms with Crippen molar-refractivity contribution in [2.24, 2.45) is 0 Å². The molecule has 0 aliphatic heterocycles. The summed E-state index contributed by atoms with van der Waals surface area (Å²) in [6.07, 6.45) is 0. The summed E-state index contributed by atoms with van der Waals surface area (Å²) in [5.41, 5.74) is -0.332. The number of sulfonamides is 1. The van der Waals surface area contributed by atoms with Crippen LogP contribution < -0.4 is 4.72 Å². The maximum Gasteiger partial charge on any atom is 0.340 e. The molecule has 8 heteroatoms. The topological polar surface area (TPSA) is 106 Å². The van der Waals surface area contributed by atoms with Crippen LogP contribution in [0.2, 0.25) is 0 Å². The van der Waals surface area contributed by atoms with E-state index >= 15 is 0 Å². The van der Waals surface area contributed by atoms with E-state index in [1.54, 1.807) is 6.92 Å². The fourth-order valence-electron chi connectivity index (χ4n) is 1.70. The Balaban J connectivity index is 3.04. The molecule has 7 nitrogen and oxygen atoms in total. The first-order valence-corrected chi connectivity index (χ1v) is 7.20. The molecule has 0 saturated heterocycles. The number of aryl methyl sites for hydroxylation is 2. The smallest absolute Gasteiger partial charge is 0.340 e. The van der Waals surface area contributed by atoms with E-state index in [-0.39, 0.29) is 35.1 Å². The quantitative estimate of drug-likeness (QED) is 0.723. The molecule has 19 heavy (non-hydrogen) atoms. The van der Waals surface area contributed by atoms with Crippen molar-refractivity contribution in [2.45, 2.75) is 25.7 Å². The SMILES string of the molecule is CCOCCNS(=O)(=O)c1c(C)oc(C)c1C(=O)O. The van der Waals surface area contributed by atoms with Crippen molar-refractivity contribution < 1.29 is 27.5 Å². The highest BCUT2D eigenvalue weighted by Crippen LogP contribution is 2.26. The minimum absolute atomic E-state index is 0.0545. The zero-order chi connectivity index (χ0) is 14.6. The molecule has 0 aliphatic carbocycles. The second kappa shape index (κ2) is 6.18. The first kappa shape index (κ1) is 15.7. The number of carboxylic acids is 1. The molecule has 0 aliphatic rings. The molecule has 0 aromatic carbocycles. The highest BCUT2D eigenvalue weighted by molar-refractivity contribution is 7.89. The highest BCUT2D eigenvalue weighted by atomic mass is 32.2. The number of nitrogens with one attached hydrogen (secondary N) is 1. The van der Waals surface area contributed by atoms with Crippen molar-refractivity contribution in [3.63, 3.8) is 0 Å². The average molecular weight is 291 g/mol. The first-order valence-electron chi connectivity index (χ1n) is 5.72. The maximum atomic E-state index is 12.1. The molecule has 1 rings (SSSR count). The molecule has 0 unspecified atom stereocenters. The lowest BCUT2D eigenvalue weighted by atomic mass is 10.2. The number of ether oxygens (including phenoxy) is 1. The van der Waals surface area contributed by atoms with Crippen LogP contribution in [0.5, 0.6) is 0 Å². The van der Waals surface area contributed by atoms with E-state index in [4.69, 9.17) is 14.3 Å². The van der Waals surface area contributed by atoms with E-state index in [1.165, 1.54) is 13.8 Å². The molecule has 0 amide bonds. The average Bonchev–Trinajstić information content (AvgIpc) is 2.60. The standard InChI is InChI=1S/C11H17NO6S/c1-4-17-6-5-12-19(15,16)10-8(3)18-7(2)9(10)11(13)14/h12H,4-6H2,1-3H3,(H,13,14). The van der Waals surface area contributed by atoms with Gasteiger partial charge in [0.2, 0.25) is 10.0 Å². The van der Waals surface area contributed by atoms with Gasteiger partial charge < -0.3 is 14.3 Å². The van der Waals surface area contributed by atoms with E-state index in [9.17, 15) is 13.2 Å². The molecular formula is C11H17NO6S. The summed E-state index contributed by atoms with van der Waals surface area (Å²) < 4.78 is 36.5. The monoisotopic (exact) mass is 291 g/mol. The van der Waals surface area contributed by atoms with Crippen LogP contribution in [-0.2, 0) is 14.8 Å². The van der Waals surface area contributed by atoms with Crippen LogP contribution in [0.3, 0.4) is 0 Å². The fourth-order valence-corrected chi connectivity index (χ4v) is 3.12. The Morgan fingerprint density at radius 2 is 2.00 bits per heavy atom. The molecule has 0 fully saturated rings. The molecule has 0 bridgehead atoms. The maximum absolute atomic E-state index is 12.1. The number of carboxylic acid groups (broad SMARTS) is 1. The summed E-state index contributed by atoms with van der Waals surface area (Å²) in [7, 11) is -3.93. The number of carbonyl (C=O) groups is 1. The Labute approximate surface area is 111 Å². The van der Waals surface area contributed by atoms with E-state index < -0.39 is 16.0 Å². The predicted octanol–water partition coefficient (Wildman–Crippen LogP) is 0.909. The lowest BCUT2D eigenvalue weighted by Crippen LogP contribution is -2.29. The first-order chi connectivity index (χ1) is 8.81. The number of furan rings is 1. The van der Waals surface area contributed by atoms with E-state index in [2.05, 4.69) is 4.72 Å². The van der Waals surface area contributed by atoms with E-state index in [1.807, 2.05) is 0 Å². The van der Waals surface area contributed by atoms with Crippen molar-refractivity contribution in [1.29, 1.82) is 0 Å². The molecular weight excluding hydrogens is 274 g/mol. The summed E-state index contributed by atoms with van der Waals surface area (Å²) in [6.45, 7) is 5.38. The van der Waals surface area contributed by atoms with Crippen LogP contribution in [0.15, 0.2) is 9.31 Å². The van der Waals surface area contributed by atoms with E-state index in [0.717, 1.165) is 0 Å². The molecule has 2 N–H and O–H groups in total. The van der Waals surface area contributed by atoms with Gasteiger partial charge in [-0.2, -0.15) is 0 Å². The summed E-state index contributed by atoms with van der Waals surface area (Å²) in [5.74, 6) is -1.21. The molecule has 0 radical (unpaired) electrons. The second-order valence-corrected chi connectivity index (χ2v) is 5.52. The molecule has 1 aromatic rings. The zero-order valence-corrected chi connectivity index (χ0v) is 11.8. The van der Waals surface area contributed by atoms with Gasteiger partial charge in [-0.15, -0.1) is 0 Å². The highest BCUT2D eigenvalue weighted by Gasteiger charge is 2.30. The Hall–Kier alpha value is -1.38. The Morgan fingerprint density at radius 3 is 2.53 bits per heavy atom. The van der Waals surface area contributed by atoms with Crippen molar-refractivity contribution in [1.82, 2.24) is 4.72 Å². The number of hydrogen-bond donors (Lipinski definition) is 2. The Bertz CT molecular complexity index is 560. The summed E-state index contributed by atoms with van der Waals surface area (Å²) in [4.78, 5) is 10.8. The molecule has 0 atom stereocenters. The molecule has 1 heterocycles. The van der Waals surface area contributed by atoms with Crippen molar-refractivity contribution in [3.8, 4) is 0 Å². The number of rotatable bonds is 7. The summed E-state index contributed by atoms with van der Waals surface area (Å²) in [6, 6.07) is 0. The normalized spacial score (nSPS) is 11.7. The number of hydrogen-bond acceptors (Lipinski definition) is 5. The largest absolute Gasteiger partial charge is 0.478 e. The van der Waals surface area contributed by atoms with Gasteiger partial charge in [0.05, 0.1) is 6.61 Å². The number of aromatic carboxylic acids is 1. The predicted molar refractivity (Wildman–Crippen MR) is 66.8 cm³/mol. The molecule has 1 aromatic heterocycles. The van der Waals surface area contributed by atoms with Gasteiger partial charge in [-0.3, -0.25) is 0 Å². The van der Waals surface area contributed by atoms with Gasteiger partial charge in [-0.05, 0) is 20.8 Å². The Kier molecular flexibility index (Phi) is 5.10. The van der Waals surface area contributed by atoms with Gasteiger partial charge in [0.25, 0.3) is 0 Å². The van der Waals surface area contributed by atoms with Crippen LogP contribution >= 0.6 is 0 Å². The lowest BCUT2D eigenvalue weighted by Gasteiger charge is -2.06. The van der Waals surface area contributed by atoms with Crippen LogP contribution in [0.1, 0.15) is 28.8 Å². The third kappa shape index (κ3) is 3.55. The fraction of sp³-hybridized carbons (Fsp3) is 0.545. The van der Waals surface area contributed by atoms with Gasteiger partial charge in [0.1, 0.15) is 22.0 Å². The Morgan fingerprint density at radius 1 is 1.37 bits per heavy atom. The van der Waals surface area contributed by atoms with Gasteiger partial charge in [0.15, 0.2) is 0 Å². The minimum Gasteiger partial charge on any atom is -0.478 e. The van der Waals surface area contributed by atoms with Crippen molar-refractivity contribution in [3.05, 3.63) is 17.1 Å². The van der Waals surface area contributed by atoms with Crippen LogP contribution in [0.4, 0.5) is 0 Å². The van der Waals surface area contributed by atoms with Gasteiger partial charge in [-0.25, -0.2) is 17.9 Å². The third-order valence-electron chi connectivity index (χ3n) is 2.43. The van der Waals surface area contributed by atoms with Crippen molar-refractivity contribution in [2.75, 3.05) is 19.8 Å². The molecule has 108 valence electrons. The summed E-state index contributed by atoms with van der Waals surface area (Å²) >= 11 is 0. The second-order valence-electron chi connectivity index (χ2n) is 3.82. The van der Waals surface area contributed by atoms with Gasteiger partial charge in [-0.1, -0.05) is 0 Å². The van der Waals surface area contributed by atoms with E-state index in [0.29, 0.717) is 6.61 Å². The minimum atomic E-state index is -3.93. The van der Waals surface area contributed by atoms with Gasteiger partial charge >= 0.3 is 5.97 Å². The van der Waals surface area contributed by atoms with Crippen LogP contribution in [0.25, 0.3) is 0 Å². The zero-order valence-electron chi connectivity index (χ0n) is 11.0. The summed E-state index contributed by atoms with van der Waals surface area (Å²) in [5, 5.41) is 9.06. The molecule has 0 spiro atoms. The molecule has 0 saturated carbocycles. The van der Waals surface area contributed by atoms with Crippen LogP contribution in [-0.4, -0.2) is 39.3 Å².